The predicted octanol–water partition coefficient (Wildman–Crippen LogP) is 4.35. The largest absolute Gasteiger partial charge is 0.302 e. The third-order valence-electron chi connectivity index (χ3n) is 3.43. The van der Waals surface area contributed by atoms with Gasteiger partial charge in [0.1, 0.15) is 0 Å². The first kappa shape index (κ1) is 15.7. The van der Waals surface area contributed by atoms with Gasteiger partial charge in [-0.15, -0.1) is 0 Å². The molecule has 0 bridgehead atoms. The van der Waals surface area contributed by atoms with E-state index < -0.39 is 0 Å². The van der Waals surface area contributed by atoms with Crippen LogP contribution in [-0.2, 0) is 6.54 Å². The van der Waals surface area contributed by atoms with Crippen molar-refractivity contribution in [1.82, 2.24) is 4.90 Å². The monoisotopic (exact) mass is 301 g/mol. The molecule has 0 N–H and O–H groups in total. The van der Waals surface area contributed by atoms with Crippen LogP contribution in [0, 0.1) is 6.92 Å². The lowest BCUT2D eigenvalue weighted by atomic mass is 10.1. The van der Waals surface area contributed by atoms with E-state index in [9.17, 15) is 4.79 Å². The maximum atomic E-state index is 12.2. The topological polar surface area (TPSA) is 20.3 Å². The van der Waals surface area contributed by atoms with Gasteiger partial charge < -0.3 is 4.90 Å². The zero-order chi connectivity index (χ0) is 15.2. The van der Waals surface area contributed by atoms with Crippen molar-refractivity contribution in [1.29, 1.82) is 0 Å². The number of nitrogens with zero attached hydrogens (tertiary/aromatic N) is 1. The van der Waals surface area contributed by atoms with E-state index in [4.69, 9.17) is 11.6 Å². The van der Waals surface area contributed by atoms with Crippen molar-refractivity contribution in [2.24, 2.45) is 0 Å². The molecule has 0 aliphatic heterocycles. The average Bonchev–Trinajstić information content (AvgIpc) is 2.45. The third kappa shape index (κ3) is 4.69. The van der Waals surface area contributed by atoms with Crippen molar-refractivity contribution in [3.8, 4) is 0 Å². The van der Waals surface area contributed by atoms with E-state index in [0.29, 0.717) is 17.0 Å². The highest BCUT2D eigenvalue weighted by atomic mass is 35.5. The second kappa shape index (κ2) is 7.39. The van der Waals surface area contributed by atoms with Crippen LogP contribution in [0.15, 0.2) is 48.5 Å². The van der Waals surface area contributed by atoms with E-state index in [-0.39, 0.29) is 5.78 Å². The molecule has 0 fully saturated rings. The van der Waals surface area contributed by atoms with Gasteiger partial charge in [0.25, 0.3) is 0 Å². The first-order chi connectivity index (χ1) is 10.1. The second-order valence-corrected chi connectivity index (χ2v) is 5.79. The molecule has 0 saturated heterocycles. The van der Waals surface area contributed by atoms with Gasteiger partial charge in [0, 0.05) is 25.1 Å². The van der Waals surface area contributed by atoms with Crippen molar-refractivity contribution < 1.29 is 4.79 Å². The Labute approximate surface area is 131 Å². The van der Waals surface area contributed by atoms with E-state index in [1.54, 1.807) is 12.1 Å². The smallest absolute Gasteiger partial charge is 0.165 e. The molecule has 0 unspecified atom stereocenters. The lowest BCUT2D eigenvalue weighted by molar-refractivity contribution is 0.0968. The molecule has 0 saturated carbocycles. The number of hydrogen-bond donors (Lipinski definition) is 0. The van der Waals surface area contributed by atoms with E-state index in [1.165, 1.54) is 11.1 Å². The SMILES string of the molecule is Cc1cccc(CN(C)CCC(=O)c2ccccc2Cl)c1. The summed E-state index contributed by atoms with van der Waals surface area (Å²) in [6.07, 6.45) is 0.478. The van der Waals surface area contributed by atoms with Gasteiger partial charge >= 0.3 is 0 Å². The molecule has 0 heterocycles. The molecular formula is C18H20ClNO. The first-order valence-corrected chi connectivity index (χ1v) is 7.46. The van der Waals surface area contributed by atoms with Crippen LogP contribution in [0.5, 0.6) is 0 Å². The van der Waals surface area contributed by atoms with Gasteiger partial charge in [-0.2, -0.15) is 0 Å². The Kier molecular flexibility index (Phi) is 5.54. The quantitative estimate of drug-likeness (QED) is 0.739. The van der Waals surface area contributed by atoms with Crippen molar-refractivity contribution >= 4 is 17.4 Å². The summed E-state index contributed by atoms with van der Waals surface area (Å²) < 4.78 is 0. The fourth-order valence-corrected chi connectivity index (χ4v) is 2.56. The summed E-state index contributed by atoms with van der Waals surface area (Å²) in [5.41, 5.74) is 3.14. The van der Waals surface area contributed by atoms with Gasteiger partial charge in [-0.3, -0.25) is 4.79 Å². The van der Waals surface area contributed by atoms with Crippen LogP contribution in [-0.4, -0.2) is 24.3 Å². The number of benzene rings is 2. The van der Waals surface area contributed by atoms with Crippen LogP contribution in [0.4, 0.5) is 0 Å². The summed E-state index contributed by atoms with van der Waals surface area (Å²) in [7, 11) is 2.03. The first-order valence-electron chi connectivity index (χ1n) is 7.08. The average molecular weight is 302 g/mol. The van der Waals surface area contributed by atoms with Gasteiger partial charge in [0.2, 0.25) is 0 Å². The van der Waals surface area contributed by atoms with Gasteiger partial charge in [-0.05, 0) is 31.7 Å². The highest BCUT2D eigenvalue weighted by Crippen LogP contribution is 2.17. The van der Waals surface area contributed by atoms with Crippen LogP contribution >= 0.6 is 11.6 Å². The number of hydrogen-bond acceptors (Lipinski definition) is 2. The zero-order valence-corrected chi connectivity index (χ0v) is 13.2. The Morgan fingerprint density at radius 3 is 2.62 bits per heavy atom. The Balaban J connectivity index is 1.88. The minimum atomic E-state index is 0.0942. The molecule has 2 aromatic carbocycles. The molecule has 0 amide bonds. The van der Waals surface area contributed by atoms with Crippen LogP contribution in [0.3, 0.4) is 0 Å². The maximum Gasteiger partial charge on any atom is 0.165 e. The van der Waals surface area contributed by atoms with Gasteiger partial charge in [0.05, 0.1) is 5.02 Å². The van der Waals surface area contributed by atoms with Crippen molar-refractivity contribution in [3.63, 3.8) is 0 Å². The minimum absolute atomic E-state index is 0.0942. The summed E-state index contributed by atoms with van der Waals surface area (Å²) in [6.45, 7) is 3.65. The van der Waals surface area contributed by atoms with E-state index in [2.05, 4.69) is 36.1 Å². The molecule has 2 rings (SSSR count). The molecule has 0 aliphatic carbocycles. The Hall–Kier alpha value is -1.64. The van der Waals surface area contributed by atoms with Crippen LogP contribution in [0.2, 0.25) is 5.02 Å². The Morgan fingerprint density at radius 1 is 1.14 bits per heavy atom. The van der Waals surface area contributed by atoms with Gasteiger partial charge in [-0.25, -0.2) is 0 Å². The normalized spacial score (nSPS) is 10.9. The number of carbonyl (C=O) groups is 1. The lowest BCUT2D eigenvalue weighted by Crippen LogP contribution is -2.21. The molecular weight excluding hydrogens is 282 g/mol. The van der Waals surface area contributed by atoms with Gasteiger partial charge in [0.15, 0.2) is 5.78 Å². The van der Waals surface area contributed by atoms with E-state index >= 15 is 0 Å². The third-order valence-corrected chi connectivity index (χ3v) is 3.76. The molecule has 0 radical (unpaired) electrons. The fraction of sp³-hybridized carbons (Fsp3) is 0.278. The number of rotatable bonds is 6. The van der Waals surface area contributed by atoms with E-state index in [1.807, 2.05) is 19.2 Å². The van der Waals surface area contributed by atoms with Gasteiger partial charge in [-0.1, -0.05) is 53.6 Å². The summed E-state index contributed by atoms with van der Waals surface area (Å²) in [5.74, 6) is 0.0942. The number of aryl methyl sites for hydroxylation is 1. The molecule has 110 valence electrons. The molecule has 3 heteroatoms. The van der Waals surface area contributed by atoms with Crippen LogP contribution < -0.4 is 0 Å². The van der Waals surface area contributed by atoms with Crippen molar-refractivity contribution in [3.05, 3.63) is 70.2 Å². The number of ketones is 1. The molecule has 0 aromatic heterocycles. The molecule has 0 atom stereocenters. The van der Waals surface area contributed by atoms with E-state index in [0.717, 1.165) is 13.1 Å². The van der Waals surface area contributed by atoms with Crippen molar-refractivity contribution in [2.45, 2.75) is 19.9 Å². The number of halogens is 1. The summed E-state index contributed by atoms with van der Waals surface area (Å²) in [5, 5.41) is 0.531. The standard InChI is InChI=1S/C18H20ClNO/c1-14-6-5-7-15(12-14)13-20(2)11-10-18(21)16-8-3-4-9-17(16)19/h3-9,12H,10-11,13H2,1-2H3. The highest BCUT2D eigenvalue weighted by Gasteiger charge is 2.10. The summed E-state index contributed by atoms with van der Waals surface area (Å²) in [4.78, 5) is 14.3. The zero-order valence-electron chi connectivity index (χ0n) is 12.5. The lowest BCUT2D eigenvalue weighted by Gasteiger charge is -2.16. The highest BCUT2D eigenvalue weighted by molar-refractivity contribution is 6.33. The Morgan fingerprint density at radius 2 is 1.90 bits per heavy atom. The second-order valence-electron chi connectivity index (χ2n) is 5.38. The summed E-state index contributed by atoms with van der Waals surface area (Å²) in [6, 6.07) is 15.7. The predicted molar refractivity (Wildman–Crippen MR) is 87.9 cm³/mol. The molecule has 2 aromatic rings. The fourth-order valence-electron chi connectivity index (χ4n) is 2.32. The maximum absolute atomic E-state index is 12.2. The molecule has 0 aliphatic rings. The number of Topliss-reactive ketones (excluding diaryl/α,β-unsaturated/α-hetero) is 1. The molecule has 21 heavy (non-hydrogen) atoms. The molecule has 2 nitrogen and oxygen atoms in total. The Bertz CT molecular complexity index is 624. The van der Waals surface area contributed by atoms with Crippen LogP contribution in [0.1, 0.15) is 27.9 Å². The minimum Gasteiger partial charge on any atom is -0.302 e. The molecule has 0 spiro atoms. The number of carbonyl (C=O) groups excluding carboxylic acids is 1. The van der Waals surface area contributed by atoms with Crippen LogP contribution in [0.25, 0.3) is 0 Å². The summed E-state index contributed by atoms with van der Waals surface area (Å²) >= 11 is 6.05. The van der Waals surface area contributed by atoms with Crippen molar-refractivity contribution in [2.75, 3.05) is 13.6 Å².